The lowest BCUT2D eigenvalue weighted by Crippen LogP contribution is -2.67. The lowest BCUT2D eigenvalue weighted by molar-refractivity contribution is 0.0174. The van der Waals surface area contributed by atoms with Gasteiger partial charge in [-0.1, -0.05) is 29.8 Å². The molecule has 3 aromatic rings. The smallest absolute Gasteiger partial charge is 0.296 e. The summed E-state index contributed by atoms with van der Waals surface area (Å²) in [4.78, 5) is 16.9. The summed E-state index contributed by atoms with van der Waals surface area (Å²) in [5.41, 5.74) is 0.946. The van der Waals surface area contributed by atoms with Crippen molar-refractivity contribution in [2.45, 2.75) is 25.1 Å². The van der Waals surface area contributed by atoms with Crippen LogP contribution in [0.5, 0.6) is 5.75 Å². The molecule has 1 amide bonds. The molecular formula is C22H17ClN2O3S. The van der Waals surface area contributed by atoms with Gasteiger partial charge in [0.05, 0.1) is 12.3 Å². The van der Waals surface area contributed by atoms with Gasteiger partial charge >= 0.3 is 0 Å². The molecule has 2 bridgehead atoms. The van der Waals surface area contributed by atoms with Crippen molar-refractivity contribution in [1.82, 2.24) is 4.90 Å². The van der Waals surface area contributed by atoms with Gasteiger partial charge < -0.3 is 9.15 Å². The third kappa shape index (κ3) is 2.82. The van der Waals surface area contributed by atoms with Gasteiger partial charge in [-0.15, -0.1) is 0 Å². The van der Waals surface area contributed by atoms with E-state index in [4.69, 9.17) is 33.0 Å². The van der Waals surface area contributed by atoms with Crippen LogP contribution in [0.2, 0.25) is 5.02 Å². The van der Waals surface area contributed by atoms with Crippen LogP contribution in [0.15, 0.2) is 71.3 Å². The molecule has 2 aromatic carbocycles. The third-order valence-corrected chi connectivity index (χ3v) is 5.99. The molecule has 0 spiro atoms. The average Bonchev–Trinajstić information content (AvgIpc) is 3.24. The summed E-state index contributed by atoms with van der Waals surface area (Å²) in [6, 6.07) is 18.2. The van der Waals surface area contributed by atoms with E-state index in [0.29, 0.717) is 22.3 Å². The van der Waals surface area contributed by atoms with Gasteiger partial charge in [0.2, 0.25) is 0 Å². The highest BCUT2D eigenvalue weighted by molar-refractivity contribution is 7.80. The molecule has 2 unspecified atom stereocenters. The number of carbonyl (C=O) groups is 1. The Morgan fingerprint density at radius 3 is 2.69 bits per heavy atom. The van der Waals surface area contributed by atoms with Gasteiger partial charge in [0, 0.05) is 22.7 Å². The highest BCUT2D eigenvalue weighted by atomic mass is 35.5. The first-order chi connectivity index (χ1) is 14.0. The molecule has 0 N–H and O–H groups in total. The fraction of sp³-hybridized carbons (Fsp3) is 0.182. The highest BCUT2D eigenvalue weighted by Gasteiger charge is 2.53. The van der Waals surface area contributed by atoms with Crippen LogP contribution < -0.4 is 9.64 Å². The van der Waals surface area contributed by atoms with E-state index in [2.05, 4.69) is 0 Å². The van der Waals surface area contributed by atoms with Crippen molar-refractivity contribution in [3.63, 3.8) is 0 Å². The van der Waals surface area contributed by atoms with E-state index in [-0.39, 0.29) is 17.7 Å². The van der Waals surface area contributed by atoms with E-state index >= 15 is 0 Å². The molecule has 1 aromatic heterocycles. The Kier molecular flexibility index (Phi) is 4.15. The van der Waals surface area contributed by atoms with Gasteiger partial charge in [-0.25, -0.2) is 0 Å². The molecule has 0 aliphatic carbocycles. The molecular weight excluding hydrogens is 408 g/mol. The van der Waals surface area contributed by atoms with Gasteiger partial charge in [-0.2, -0.15) is 0 Å². The number of halogens is 1. The SMILES string of the molecule is CC12CC(c3cc(Cl)ccc3O1)N(C(=O)c1ccco1)C(=S)N2c1ccccc1. The van der Waals surface area contributed by atoms with Crippen molar-refractivity contribution in [1.29, 1.82) is 0 Å². The number of hydrogen-bond donors (Lipinski definition) is 0. The quantitative estimate of drug-likeness (QED) is 0.514. The zero-order valence-corrected chi connectivity index (χ0v) is 17.1. The van der Waals surface area contributed by atoms with E-state index in [0.717, 1.165) is 11.3 Å². The predicted molar refractivity (Wildman–Crippen MR) is 114 cm³/mol. The second-order valence-corrected chi connectivity index (χ2v) is 8.09. The summed E-state index contributed by atoms with van der Waals surface area (Å²) in [5, 5.41) is 0.944. The van der Waals surface area contributed by atoms with Crippen molar-refractivity contribution in [2.75, 3.05) is 4.90 Å². The summed E-state index contributed by atoms with van der Waals surface area (Å²) in [5.74, 6) is 0.633. The number of fused-ring (bicyclic) bond motifs is 4. The van der Waals surface area contributed by atoms with Crippen molar-refractivity contribution >= 4 is 40.5 Å². The first kappa shape index (κ1) is 18.2. The van der Waals surface area contributed by atoms with E-state index < -0.39 is 5.72 Å². The highest BCUT2D eigenvalue weighted by Crippen LogP contribution is 2.50. The number of carbonyl (C=O) groups excluding carboxylic acids is 1. The summed E-state index contributed by atoms with van der Waals surface area (Å²) in [7, 11) is 0. The van der Waals surface area contributed by atoms with E-state index in [9.17, 15) is 4.79 Å². The van der Waals surface area contributed by atoms with Crippen molar-refractivity contribution in [3.8, 4) is 5.75 Å². The van der Waals surface area contributed by atoms with Crippen molar-refractivity contribution < 1.29 is 13.9 Å². The first-order valence-electron chi connectivity index (χ1n) is 9.23. The number of benzene rings is 2. The summed E-state index contributed by atoms with van der Waals surface area (Å²) < 4.78 is 11.8. The standard InChI is InChI=1S/C22H17ClN2O3S/c1-22-13-17(16-12-14(23)9-10-18(16)28-22)24(20(26)19-8-5-11-27-19)21(29)25(22)15-6-3-2-4-7-15/h2-12,17H,13H2,1H3. The number of anilines is 1. The molecule has 2 aliphatic rings. The van der Waals surface area contributed by atoms with Crippen LogP contribution in [0.1, 0.15) is 35.5 Å². The second-order valence-electron chi connectivity index (χ2n) is 7.29. The molecule has 2 atom stereocenters. The molecule has 1 saturated heterocycles. The van der Waals surface area contributed by atoms with Gasteiger partial charge in [0.25, 0.3) is 5.91 Å². The predicted octanol–water partition coefficient (Wildman–Crippen LogP) is 5.42. The fourth-order valence-electron chi connectivity index (χ4n) is 4.14. The first-order valence-corrected chi connectivity index (χ1v) is 10.0. The minimum absolute atomic E-state index is 0.235. The Balaban J connectivity index is 1.70. The molecule has 0 saturated carbocycles. The molecule has 5 rings (SSSR count). The molecule has 1 fully saturated rings. The Bertz CT molecular complexity index is 1100. The Hall–Kier alpha value is -2.83. The molecule has 5 nitrogen and oxygen atoms in total. The van der Waals surface area contributed by atoms with Crippen LogP contribution in [0.25, 0.3) is 0 Å². The van der Waals surface area contributed by atoms with Crippen LogP contribution in [0.4, 0.5) is 5.69 Å². The normalized spacial score (nSPS) is 22.8. The minimum atomic E-state index is -0.746. The topological polar surface area (TPSA) is 45.9 Å². The van der Waals surface area contributed by atoms with Crippen molar-refractivity contribution in [2.24, 2.45) is 0 Å². The van der Waals surface area contributed by atoms with E-state index in [1.165, 1.54) is 6.26 Å². The van der Waals surface area contributed by atoms with Crippen LogP contribution in [0, 0.1) is 0 Å². The Labute approximate surface area is 178 Å². The number of amides is 1. The number of para-hydroxylation sites is 1. The molecule has 0 radical (unpaired) electrons. The number of rotatable bonds is 2. The van der Waals surface area contributed by atoms with Crippen LogP contribution in [0.3, 0.4) is 0 Å². The zero-order chi connectivity index (χ0) is 20.2. The van der Waals surface area contributed by atoms with Gasteiger partial charge in [-0.3, -0.25) is 14.6 Å². The van der Waals surface area contributed by atoms with E-state index in [1.54, 1.807) is 23.1 Å². The maximum Gasteiger partial charge on any atom is 0.296 e. The molecule has 29 heavy (non-hydrogen) atoms. The summed E-state index contributed by atoms with van der Waals surface area (Å²) in [6.07, 6.45) is 2.01. The third-order valence-electron chi connectivity index (χ3n) is 5.38. The minimum Gasteiger partial charge on any atom is -0.467 e. The van der Waals surface area contributed by atoms with Crippen LogP contribution in [-0.2, 0) is 0 Å². The zero-order valence-electron chi connectivity index (χ0n) is 15.5. The largest absolute Gasteiger partial charge is 0.467 e. The Morgan fingerprint density at radius 2 is 1.97 bits per heavy atom. The van der Waals surface area contributed by atoms with E-state index in [1.807, 2.05) is 54.3 Å². The summed E-state index contributed by atoms with van der Waals surface area (Å²) >= 11 is 12.1. The molecule has 2 aliphatic heterocycles. The molecule has 3 heterocycles. The maximum absolute atomic E-state index is 13.4. The monoisotopic (exact) mass is 424 g/mol. The number of furan rings is 1. The lowest BCUT2D eigenvalue weighted by Gasteiger charge is -2.55. The maximum atomic E-state index is 13.4. The number of nitrogens with zero attached hydrogens (tertiary/aromatic N) is 2. The van der Waals surface area contributed by atoms with Gasteiger partial charge in [0.15, 0.2) is 16.6 Å². The summed E-state index contributed by atoms with van der Waals surface area (Å²) in [6.45, 7) is 1.99. The number of ether oxygens (including phenoxy) is 1. The fourth-order valence-corrected chi connectivity index (χ4v) is 4.83. The number of thiocarbonyl (C=S) groups is 1. The Morgan fingerprint density at radius 1 is 1.17 bits per heavy atom. The van der Waals surface area contributed by atoms with Crippen LogP contribution in [-0.4, -0.2) is 21.6 Å². The second kappa shape index (κ2) is 6.61. The van der Waals surface area contributed by atoms with Gasteiger partial charge in [-0.05, 0) is 61.6 Å². The molecule has 146 valence electrons. The lowest BCUT2D eigenvalue weighted by atomic mass is 9.88. The number of hydrogen-bond acceptors (Lipinski definition) is 4. The van der Waals surface area contributed by atoms with Gasteiger partial charge in [0.1, 0.15) is 5.75 Å². The average molecular weight is 425 g/mol. The molecule has 7 heteroatoms. The van der Waals surface area contributed by atoms with Crippen LogP contribution >= 0.6 is 23.8 Å². The van der Waals surface area contributed by atoms with Crippen molar-refractivity contribution in [3.05, 3.63) is 83.3 Å².